The van der Waals surface area contributed by atoms with Crippen LogP contribution in [0.15, 0.2) is 30.3 Å². The number of benzene rings is 1. The van der Waals surface area contributed by atoms with Gasteiger partial charge in [-0.05, 0) is 24.5 Å². The average molecular weight is 306 g/mol. The van der Waals surface area contributed by atoms with Gasteiger partial charge in [-0.15, -0.1) is 0 Å². The van der Waals surface area contributed by atoms with Gasteiger partial charge >= 0.3 is 5.97 Å². The minimum atomic E-state index is -0.981. The Morgan fingerprint density at radius 1 is 1.09 bits per heavy atom. The van der Waals surface area contributed by atoms with Crippen LogP contribution >= 0.6 is 0 Å². The van der Waals surface area contributed by atoms with Gasteiger partial charge < -0.3 is 4.74 Å². The molecule has 0 aliphatic rings. The molecule has 6 heteroatoms. The van der Waals surface area contributed by atoms with E-state index >= 15 is 0 Å². The molecule has 1 atom stereocenters. The Labute approximate surface area is 130 Å². The maximum absolute atomic E-state index is 11.8. The second-order valence-corrected chi connectivity index (χ2v) is 6.18. The number of hydrazine groups is 1. The van der Waals surface area contributed by atoms with Crippen molar-refractivity contribution in [2.45, 2.75) is 40.2 Å². The summed E-state index contributed by atoms with van der Waals surface area (Å²) in [6, 6.07) is 8.45. The van der Waals surface area contributed by atoms with E-state index in [1.165, 1.54) is 6.92 Å². The SMILES string of the molecule is C[C@@H](OC(=O)CC(C)(C)C)C(=O)NNC(=O)c1ccccc1. The van der Waals surface area contributed by atoms with Crippen molar-refractivity contribution in [2.24, 2.45) is 5.41 Å². The van der Waals surface area contributed by atoms with Crippen molar-refractivity contribution in [2.75, 3.05) is 0 Å². The van der Waals surface area contributed by atoms with Crippen molar-refractivity contribution in [1.29, 1.82) is 0 Å². The third-order valence-electron chi connectivity index (χ3n) is 2.69. The summed E-state index contributed by atoms with van der Waals surface area (Å²) in [5, 5.41) is 0. The van der Waals surface area contributed by atoms with Crippen LogP contribution in [-0.4, -0.2) is 23.9 Å². The van der Waals surface area contributed by atoms with E-state index in [0.717, 1.165) is 0 Å². The molecule has 120 valence electrons. The van der Waals surface area contributed by atoms with Crippen molar-refractivity contribution < 1.29 is 19.1 Å². The molecule has 1 aromatic carbocycles. The molecule has 0 bridgehead atoms. The van der Waals surface area contributed by atoms with Gasteiger partial charge in [0.1, 0.15) is 0 Å². The first-order valence-electron chi connectivity index (χ1n) is 7.04. The summed E-state index contributed by atoms with van der Waals surface area (Å²) >= 11 is 0. The lowest BCUT2D eigenvalue weighted by atomic mass is 9.92. The normalized spacial score (nSPS) is 12.2. The van der Waals surface area contributed by atoms with Crippen LogP contribution in [0.25, 0.3) is 0 Å². The number of amides is 2. The van der Waals surface area contributed by atoms with E-state index in [1.54, 1.807) is 30.3 Å². The van der Waals surface area contributed by atoms with Gasteiger partial charge in [-0.1, -0.05) is 39.0 Å². The summed E-state index contributed by atoms with van der Waals surface area (Å²) in [4.78, 5) is 35.2. The van der Waals surface area contributed by atoms with Crippen LogP contribution in [0, 0.1) is 5.41 Å². The van der Waals surface area contributed by atoms with E-state index in [-0.39, 0.29) is 11.8 Å². The maximum Gasteiger partial charge on any atom is 0.307 e. The van der Waals surface area contributed by atoms with Crippen LogP contribution in [0.4, 0.5) is 0 Å². The van der Waals surface area contributed by atoms with E-state index in [9.17, 15) is 14.4 Å². The topological polar surface area (TPSA) is 84.5 Å². The van der Waals surface area contributed by atoms with Crippen molar-refractivity contribution in [3.63, 3.8) is 0 Å². The number of carbonyl (C=O) groups excluding carboxylic acids is 3. The summed E-state index contributed by atoms with van der Waals surface area (Å²) in [7, 11) is 0. The molecule has 0 unspecified atom stereocenters. The van der Waals surface area contributed by atoms with E-state index < -0.39 is 23.9 Å². The molecule has 0 aromatic heterocycles. The summed E-state index contributed by atoms with van der Waals surface area (Å²) < 4.78 is 5.02. The standard InChI is InChI=1S/C16H22N2O4/c1-11(22-13(19)10-16(2,3)4)14(20)17-18-15(21)12-8-6-5-7-9-12/h5-9,11H,10H2,1-4H3,(H,17,20)(H,18,21)/t11-/m1/s1. The van der Waals surface area contributed by atoms with Crippen LogP contribution < -0.4 is 10.9 Å². The molecule has 0 fully saturated rings. The number of hydrogen-bond donors (Lipinski definition) is 2. The molecule has 1 aromatic rings. The van der Waals surface area contributed by atoms with Gasteiger partial charge in [0.25, 0.3) is 11.8 Å². The third kappa shape index (κ3) is 6.39. The average Bonchev–Trinajstić information content (AvgIpc) is 2.43. The Bertz CT molecular complexity index is 535. The fourth-order valence-corrected chi connectivity index (χ4v) is 1.61. The largest absolute Gasteiger partial charge is 0.452 e. The fourth-order valence-electron chi connectivity index (χ4n) is 1.61. The van der Waals surface area contributed by atoms with Crippen LogP contribution in [0.5, 0.6) is 0 Å². The predicted molar refractivity (Wildman–Crippen MR) is 81.7 cm³/mol. The van der Waals surface area contributed by atoms with Gasteiger partial charge in [0.15, 0.2) is 6.10 Å². The number of ether oxygens (including phenoxy) is 1. The number of hydrogen-bond acceptors (Lipinski definition) is 4. The predicted octanol–water partition coefficient (Wildman–Crippen LogP) is 1.82. The second-order valence-electron chi connectivity index (χ2n) is 6.18. The zero-order chi connectivity index (χ0) is 16.8. The van der Waals surface area contributed by atoms with E-state index in [2.05, 4.69) is 10.9 Å². The summed E-state index contributed by atoms with van der Waals surface area (Å²) in [6.07, 6.45) is -0.771. The maximum atomic E-state index is 11.8. The Balaban J connectivity index is 2.42. The zero-order valence-electron chi connectivity index (χ0n) is 13.3. The quantitative estimate of drug-likeness (QED) is 0.656. The Morgan fingerprint density at radius 3 is 2.23 bits per heavy atom. The van der Waals surface area contributed by atoms with Gasteiger partial charge in [-0.3, -0.25) is 25.2 Å². The molecule has 22 heavy (non-hydrogen) atoms. The summed E-state index contributed by atoms with van der Waals surface area (Å²) in [5.41, 5.74) is 4.71. The highest BCUT2D eigenvalue weighted by Crippen LogP contribution is 2.19. The number of esters is 1. The van der Waals surface area contributed by atoms with Crippen LogP contribution in [0.2, 0.25) is 0 Å². The first kappa shape index (κ1) is 17.7. The lowest BCUT2D eigenvalue weighted by molar-refractivity contribution is -0.156. The highest BCUT2D eigenvalue weighted by molar-refractivity contribution is 5.95. The zero-order valence-corrected chi connectivity index (χ0v) is 13.3. The molecule has 0 aliphatic heterocycles. The smallest absolute Gasteiger partial charge is 0.307 e. The van der Waals surface area contributed by atoms with Gasteiger partial charge in [0, 0.05) is 5.56 Å². The molecule has 0 heterocycles. The lowest BCUT2D eigenvalue weighted by Gasteiger charge is -2.19. The van der Waals surface area contributed by atoms with Crippen LogP contribution in [0.3, 0.4) is 0 Å². The van der Waals surface area contributed by atoms with E-state index in [0.29, 0.717) is 5.56 Å². The first-order valence-corrected chi connectivity index (χ1v) is 7.04. The molecule has 6 nitrogen and oxygen atoms in total. The van der Waals surface area contributed by atoms with Crippen molar-refractivity contribution in [3.8, 4) is 0 Å². The molecule has 0 spiro atoms. The highest BCUT2D eigenvalue weighted by atomic mass is 16.5. The van der Waals surface area contributed by atoms with E-state index in [1.807, 2.05) is 20.8 Å². The van der Waals surface area contributed by atoms with Crippen molar-refractivity contribution in [1.82, 2.24) is 10.9 Å². The third-order valence-corrected chi connectivity index (χ3v) is 2.69. The molecule has 0 saturated heterocycles. The Kier molecular flexibility index (Phi) is 6.10. The van der Waals surface area contributed by atoms with Gasteiger partial charge in [-0.2, -0.15) is 0 Å². The lowest BCUT2D eigenvalue weighted by Crippen LogP contribution is -2.46. The molecule has 0 radical (unpaired) electrons. The minimum Gasteiger partial charge on any atom is -0.452 e. The molecular formula is C16H22N2O4. The molecule has 0 saturated carbocycles. The summed E-state index contributed by atoms with van der Waals surface area (Å²) in [5.74, 6) is -1.49. The second kappa shape index (κ2) is 7.59. The monoisotopic (exact) mass is 306 g/mol. The van der Waals surface area contributed by atoms with Gasteiger partial charge in [0.2, 0.25) is 0 Å². The fraction of sp³-hybridized carbons (Fsp3) is 0.438. The molecule has 2 N–H and O–H groups in total. The van der Waals surface area contributed by atoms with Crippen LogP contribution in [-0.2, 0) is 14.3 Å². The van der Waals surface area contributed by atoms with E-state index in [4.69, 9.17) is 4.74 Å². The highest BCUT2D eigenvalue weighted by Gasteiger charge is 2.22. The molecule has 2 amide bonds. The Hall–Kier alpha value is -2.37. The molecular weight excluding hydrogens is 284 g/mol. The molecule has 0 aliphatic carbocycles. The van der Waals surface area contributed by atoms with Crippen molar-refractivity contribution in [3.05, 3.63) is 35.9 Å². The van der Waals surface area contributed by atoms with Crippen LogP contribution in [0.1, 0.15) is 44.5 Å². The van der Waals surface area contributed by atoms with Gasteiger partial charge in [-0.25, -0.2) is 0 Å². The molecule has 1 rings (SSSR count). The Morgan fingerprint density at radius 2 is 1.68 bits per heavy atom. The van der Waals surface area contributed by atoms with Crippen molar-refractivity contribution >= 4 is 17.8 Å². The number of rotatable bonds is 4. The number of carbonyl (C=O) groups is 3. The summed E-state index contributed by atoms with van der Waals surface area (Å²) in [6.45, 7) is 7.15. The number of nitrogens with one attached hydrogen (secondary N) is 2. The van der Waals surface area contributed by atoms with Gasteiger partial charge in [0.05, 0.1) is 6.42 Å². The first-order chi connectivity index (χ1) is 10.2. The minimum absolute atomic E-state index is 0.209.